The first kappa shape index (κ1) is 22.0. The highest BCUT2D eigenvalue weighted by molar-refractivity contribution is 5.92. The van der Waals surface area contributed by atoms with E-state index in [2.05, 4.69) is 0 Å². The van der Waals surface area contributed by atoms with Crippen LogP contribution in [0.4, 0.5) is 0 Å². The first-order chi connectivity index (χ1) is 11.6. The minimum atomic E-state index is -0.0328. The maximum absolute atomic E-state index is 12.3. The lowest BCUT2D eigenvalue weighted by molar-refractivity contribution is -0.127. The Labute approximate surface area is 146 Å². The van der Waals surface area contributed by atoms with Gasteiger partial charge < -0.3 is 20.1 Å². The van der Waals surface area contributed by atoms with Crippen LogP contribution in [0.2, 0.25) is 0 Å². The Morgan fingerprint density at radius 1 is 1.25 bits per heavy atom. The molecule has 0 saturated carbocycles. The van der Waals surface area contributed by atoms with Crippen molar-refractivity contribution in [2.24, 2.45) is 5.73 Å². The molecule has 24 heavy (non-hydrogen) atoms. The third-order valence-corrected chi connectivity index (χ3v) is 3.45. The zero-order chi connectivity index (χ0) is 18.5. The topological polar surface area (TPSA) is 64.8 Å². The molecule has 2 N–H and O–H groups in total. The van der Waals surface area contributed by atoms with Crippen molar-refractivity contribution in [1.29, 1.82) is 0 Å². The van der Waals surface area contributed by atoms with Gasteiger partial charge in [0.15, 0.2) is 11.5 Å². The average Bonchev–Trinajstić information content (AvgIpc) is 2.64. The van der Waals surface area contributed by atoms with Crippen LogP contribution in [0.5, 0.6) is 11.5 Å². The maximum Gasteiger partial charge on any atom is 0.246 e. The van der Waals surface area contributed by atoms with E-state index in [1.807, 2.05) is 45.9 Å². The zero-order valence-electron chi connectivity index (χ0n) is 15.8. The van der Waals surface area contributed by atoms with E-state index in [0.717, 1.165) is 12.0 Å². The number of hydrogen-bond donors (Lipinski definition) is 1. The van der Waals surface area contributed by atoms with Crippen LogP contribution in [0.1, 0.15) is 39.7 Å². The number of amides is 1. The normalized spacial score (nSPS) is 11.5. The van der Waals surface area contributed by atoms with Crippen LogP contribution in [0.25, 0.3) is 6.08 Å². The highest BCUT2D eigenvalue weighted by Crippen LogP contribution is 2.27. The molecule has 0 aliphatic carbocycles. The lowest BCUT2D eigenvalue weighted by atomic mass is 10.1. The fourth-order valence-corrected chi connectivity index (χ4v) is 2.14. The molecule has 0 bridgehead atoms. The Hall–Kier alpha value is -2.01. The Kier molecular flexibility index (Phi) is 11.4. The smallest absolute Gasteiger partial charge is 0.246 e. The molecule has 1 rings (SSSR count). The van der Waals surface area contributed by atoms with Gasteiger partial charge in [0.1, 0.15) is 0 Å². The first-order valence-electron chi connectivity index (χ1n) is 8.48. The second kappa shape index (κ2) is 12.4. The van der Waals surface area contributed by atoms with Crippen molar-refractivity contribution in [2.45, 2.75) is 40.2 Å². The van der Waals surface area contributed by atoms with Gasteiger partial charge in [-0.05, 0) is 37.1 Å². The van der Waals surface area contributed by atoms with Crippen molar-refractivity contribution in [1.82, 2.24) is 4.90 Å². The number of hydrogen-bond acceptors (Lipinski definition) is 4. The van der Waals surface area contributed by atoms with Gasteiger partial charge in [0.2, 0.25) is 5.91 Å². The predicted molar refractivity (Wildman–Crippen MR) is 100 cm³/mol. The molecule has 5 nitrogen and oxygen atoms in total. The SMILES string of the molecule is CC.CCCN(C(=O)/C=C/c1ccc(OC)c(OC)c1)C(C)CN. The molecule has 1 aromatic carbocycles. The summed E-state index contributed by atoms with van der Waals surface area (Å²) in [6.07, 6.45) is 4.25. The number of carbonyl (C=O) groups excluding carboxylic acids is 1. The van der Waals surface area contributed by atoms with Gasteiger partial charge in [-0.15, -0.1) is 0 Å². The summed E-state index contributed by atoms with van der Waals surface area (Å²) in [6.45, 7) is 9.16. The standard InChI is InChI=1S/C17H26N2O3.C2H6/c1-5-10-19(13(2)12-18)17(20)9-7-14-6-8-15(21-3)16(11-14)22-4;1-2/h6-9,11,13H,5,10,12,18H2,1-4H3;1-2H3/b9-7+;. The molecule has 0 aromatic heterocycles. The van der Waals surface area contributed by atoms with E-state index in [-0.39, 0.29) is 11.9 Å². The van der Waals surface area contributed by atoms with E-state index >= 15 is 0 Å². The summed E-state index contributed by atoms with van der Waals surface area (Å²) in [6, 6.07) is 5.55. The molecular weight excluding hydrogens is 304 g/mol. The Bertz CT molecular complexity index is 515. The predicted octanol–water partition coefficient (Wildman–Crippen LogP) is 3.33. The highest BCUT2D eigenvalue weighted by Gasteiger charge is 2.15. The van der Waals surface area contributed by atoms with Gasteiger partial charge in [0.25, 0.3) is 0 Å². The molecule has 1 unspecified atom stereocenters. The Morgan fingerprint density at radius 2 is 1.88 bits per heavy atom. The van der Waals surface area contributed by atoms with Gasteiger partial charge in [-0.1, -0.05) is 26.8 Å². The molecule has 1 aromatic rings. The molecule has 0 heterocycles. The largest absolute Gasteiger partial charge is 0.493 e. The first-order valence-corrected chi connectivity index (χ1v) is 8.48. The van der Waals surface area contributed by atoms with Crippen molar-refractivity contribution < 1.29 is 14.3 Å². The van der Waals surface area contributed by atoms with Crippen LogP contribution in [0.15, 0.2) is 24.3 Å². The Morgan fingerprint density at radius 3 is 2.38 bits per heavy atom. The molecule has 0 spiro atoms. The van der Waals surface area contributed by atoms with Gasteiger partial charge in [-0.3, -0.25) is 4.79 Å². The fraction of sp³-hybridized carbons (Fsp3) is 0.526. The number of rotatable bonds is 8. The van der Waals surface area contributed by atoms with Gasteiger partial charge >= 0.3 is 0 Å². The van der Waals surface area contributed by atoms with E-state index in [1.54, 1.807) is 31.3 Å². The zero-order valence-corrected chi connectivity index (χ0v) is 15.8. The van der Waals surface area contributed by atoms with Gasteiger partial charge in [-0.2, -0.15) is 0 Å². The number of carbonyl (C=O) groups is 1. The minimum Gasteiger partial charge on any atom is -0.493 e. The Balaban J connectivity index is 0.00000254. The molecule has 0 radical (unpaired) electrons. The lowest BCUT2D eigenvalue weighted by Gasteiger charge is -2.26. The molecule has 0 aliphatic rings. The van der Waals surface area contributed by atoms with Gasteiger partial charge in [0, 0.05) is 25.2 Å². The summed E-state index contributed by atoms with van der Waals surface area (Å²) < 4.78 is 10.4. The van der Waals surface area contributed by atoms with Gasteiger partial charge in [0.05, 0.1) is 14.2 Å². The van der Waals surface area contributed by atoms with Crippen LogP contribution in [0, 0.1) is 0 Å². The summed E-state index contributed by atoms with van der Waals surface area (Å²) in [5.74, 6) is 1.27. The molecule has 1 amide bonds. The van der Waals surface area contributed by atoms with Crippen molar-refractivity contribution in [3.05, 3.63) is 29.8 Å². The van der Waals surface area contributed by atoms with E-state index in [0.29, 0.717) is 24.6 Å². The van der Waals surface area contributed by atoms with Crippen LogP contribution in [0.3, 0.4) is 0 Å². The lowest BCUT2D eigenvalue weighted by Crippen LogP contribution is -2.42. The van der Waals surface area contributed by atoms with Crippen molar-refractivity contribution in [3.63, 3.8) is 0 Å². The van der Waals surface area contributed by atoms with Crippen LogP contribution in [-0.2, 0) is 4.79 Å². The molecule has 0 aliphatic heterocycles. The second-order valence-corrected chi connectivity index (χ2v) is 5.06. The molecule has 0 fully saturated rings. The van der Waals surface area contributed by atoms with Crippen molar-refractivity contribution in [2.75, 3.05) is 27.3 Å². The van der Waals surface area contributed by atoms with Crippen LogP contribution >= 0.6 is 0 Å². The summed E-state index contributed by atoms with van der Waals surface area (Å²) in [4.78, 5) is 14.1. The van der Waals surface area contributed by atoms with E-state index < -0.39 is 0 Å². The number of ether oxygens (including phenoxy) is 2. The minimum absolute atomic E-state index is 0.0301. The third-order valence-electron chi connectivity index (χ3n) is 3.45. The van der Waals surface area contributed by atoms with Gasteiger partial charge in [-0.25, -0.2) is 0 Å². The summed E-state index contributed by atoms with van der Waals surface area (Å²) in [5, 5.41) is 0. The van der Waals surface area contributed by atoms with E-state index in [9.17, 15) is 4.79 Å². The highest BCUT2D eigenvalue weighted by atomic mass is 16.5. The monoisotopic (exact) mass is 336 g/mol. The van der Waals surface area contributed by atoms with Crippen molar-refractivity contribution in [3.8, 4) is 11.5 Å². The van der Waals surface area contributed by atoms with Crippen LogP contribution in [-0.4, -0.2) is 44.2 Å². The third kappa shape index (κ3) is 6.62. The summed E-state index contributed by atoms with van der Waals surface area (Å²) >= 11 is 0. The molecular formula is C19H32N2O3. The number of methoxy groups -OCH3 is 2. The quantitative estimate of drug-likeness (QED) is 0.740. The molecule has 5 heteroatoms. The van der Waals surface area contributed by atoms with Crippen molar-refractivity contribution >= 4 is 12.0 Å². The van der Waals surface area contributed by atoms with E-state index in [1.165, 1.54) is 0 Å². The maximum atomic E-state index is 12.3. The van der Waals surface area contributed by atoms with Crippen LogP contribution < -0.4 is 15.2 Å². The second-order valence-electron chi connectivity index (χ2n) is 5.06. The fourth-order valence-electron chi connectivity index (χ4n) is 2.14. The summed E-state index contributed by atoms with van der Waals surface area (Å²) in [5.41, 5.74) is 6.55. The average molecular weight is 336 g/mol. The number of nitrogens with two attached hydrogens (primary N) is 1. The summed E-state index contributed by atoms with van der Waals surface area (Å²) in [7, 11) is 3.18. The molecule has 1 atom stereocenters. The van der Waals surface area contributed by atoms with E-state index in [4.69, 9.17) is 15.2 Å². The molecule has 136 valence electrons. The number of nitrogens with zero attached hydrogens (tertiary/aromatic N) is 1. The number of benzene rings is 1. The molecule has 0 saturated heterocycles.